The Balaban J connectivity index is 1.34. The summed E-state index contributed by atoms with van der Waals surface area (Å²) in [6.45, 7) is 2.43. The van der Waals surface area contributed by atoms with Crippen LogP contribution in [0.1, 0.15) is 43.2 Å². The number of piperazine rings is 1. The number of fused-ring (bicyclic) bond motifs is 2. The average molecular weight is 578 g/mol. The van der Waals surface area contributed by atoms with Crippen molar-refractivity contribution in [3.63, 3.8) is 0 Å². The van der Waals surface area contributed by atoms with Crippen molar-refractivity contribution in [2.24, 2.45) is 5.73 Å². The van der Waals surface area contributed by atoms with E-state index in [1.807, 2.05) is 24.3 Å². The van der Waals surface area contributed by atoms with Crippen molar-refractivity contribution >= 4 is 33.2 Å². The molecule has 1 amide bonds. The summed E-state index contributed by atoms with van der Waals surface area (Å²) in [5, 5.41) is 10.3. The number of rotatable bonds is 7. The van der Waals surface area contributed by atoms with Crippen LogP contribution >= 0.6 is 11.6 Å². The second kappa shape index (κ2) is 11.8. The molecule has 0 aromatic heterocycles. The van der Waals surface area contributed by atoms with E-state index in [1.165, 1.54) is 6.07 Å². The highest BCUT2D eigenvalue weighted by Gasteiger charge is 2.43. The van der Waals surface area contributed by atoms with Gasteiger partial charge in [-0.3, -0.25) is 4.79 Å². The monoisotopic (exact) mass is 577 g/mol. The minimum absolute atomic E-state index is 0.144. The van der Waals surface area contributed by atoms with Crippen LogP contribution in [-0.4, -0.2) is 68.7 Å². The third-order valence-corrected chi connectivity index (χ3v) is 10.9. The highest BCUT2D eigenvalue weighted by molar-refractivity contribution is 7.89. The van der Waals surface area contributed by atoms with Crippen molar-refractivity contribution in [3.05, 3.63) is 64.4 Å². The molecule has 5 N–H and O–H groups in total. The number of halogens is 2. The van der Waals surface area contributed by atoms with Crippen LogP contribution in [-0.2, 0) is 26.7 Å². The van der Waals surface area contributed by atoms with Gasteiger partial charge in [-0.1, -0.05) is 29.8 Å². The zero-order valence-electron chi connectivity index (χ0n) is 22.0. The van der Waals surface area contributed by atoms with E-state index in [1.54, 1.807) is 16.4 Å². The van der Waals surface area contributed by atoms with Gasteiger partial charge in [-0.05, 0) is 81.4 Å². The molecule has 3 saturated heterocycles. The molecule has 3 heterocycles. The average Bonchev–Trinajstić information content (AvgIpc) is 3.04. The number of sulfonamides is 1. The van der Waals surface area contributed by atoms with Gasteiger partial charge in [-0.25, -0.2) is 12.8 Å². The van der Waals surface area contributed by atoms with Crippen LogP contribution in [0.4, 0.5) is 10.1 Å². The van der Waals surface area contributed by atoms with Gasteiger partial charge < -0.3 is 21.7 Å². The summed E-state index contributed by atoms with van der Waals surface area (Å²) in [6, 6.07) is 11.1. The number of nitrogens with zero attached hydrogens (tertiary/aromatic N) is 1. The molecule has 2 aromatic carbocycles. The molecule has 0 aliphatic carbocycles. The van der Waals surface area contributed by atoms with Gasteiger partial charge in [0.25, 0.3) is 0 Å². The molecular formula is C28H37ClFN5O3S. The zero-order chi connectivity index (χ0) is 27.6. The highest BCUT2D eigenvalue weighted by Crippen LogP contribution is 2.37. The lowest BCUT2D eigenvalue weighted by atomic mass is 9.68. The Kier molecular flexibility index (Phi) is 8.61. The van der Waals surface area contributed by atoms with Crippen molar-refractivity contribution in [3.8, 4) is 0 Å². The summed E-state index contributed by atoms with van der Waals surface area (Å²) >= 11 is 6.12. The van der Waals surface area contributed by atoms with E-state index in [4.69, 9.17) is 17.3 Å². The minimum atomic E-state index is -3.34. The first kappa shape index (κ1) is 28.4. The lowest BCUT2D eigenvalue weighted by Crippen LogP contribution is -2.57. The van der Waals surface area contributed by atoms with Crippen molar-refractivity contribution in [1.82, 2.24) is 14.9 Å². The maximum absolute atomic E-state index is 15.1. The molecule has 4 atom stereocenters. The van der Waals surface area contributed by atoms with Gasteiger partial charge in [0.15, 0.2) is 0 Å². The maximum Gasteiger partial charge on any atom is 0.242 e. The largest absolute Gasteiger partial charge is 0.324 e. The van der Waals surface area contributed by atoms with Crippen LogP contribution in [0.25, 0.3) is 0 Å². The molecule has 212 valence electrons. The molecule has 0 saturated carbocycles. The Labute approximate surface area is 234 Å². The minimum Gasteiger partial charge on any atom is -0.324 e. The lowest BCUT2D eigenvalue weighted by molar-refractivity contribution is -0.119. The molecule has 8 nitrogen and oxygen atoms in total. The second-order valence-electron chi connectivity index (χ2n) is 11.0. The molecule has 2 bridgehead atoms. The smallest absolute Gasteiger partial charge is 0.242 e. The Morgan fingerprint density at radius 2 is 1.95 bits per heavy atom. The number of amides is 1. The Bertz CT molecular complexity index is 1290. The predicted octanol–water partition coefficient (Wildman–Crippen LogP) is 2.76. The molecule has 3 aliphatic heterocycles. The van der Waals surface area contributed by atoms with Gasteiger partial charge in [0.05, 0.1) is 11.8 Å². The van der Waals surface area contributed by atoms with E-state index in [0.29, 0.717) is 55.0 Å². The number of hydrogen-bond acceptors (Lipinski definition) is 6. The Morgan fingerprint density at radius 3 is 2.69 bits per heavy atom. The van der Waals surface area contributed by atoms with E-state index in [0.717, 1.165) is 25.1 Å². The van der Waals surface area contributed by atoms with Crippen molar-refractivity contribution in [2.45, 2.75) is 62.1 Å². The molecule has 2 unspecified atom stereocenters. The van der Waals surface area contributed by atoms with E-state index >= 15 is 4.39 Å². The van der Waals surface area contributed by atoms with Crippen LogP contribution < -0.4 is 21.7 Å². The SMILES string of the molecule is N[C@H](C(=O)Nc1cccc(F)c1CCC1CN[C@@H]2CCCS(=O)(=O)N1C2)C1(c2ccc(Cl)cc2)CCNCC1. The van der Waals surface area contributed by atoms with Crippen molar-refractivity contribution in [2.75, 3.05) is 37.2 Å². The second-order valence-corrected chi connectivity index (χ2v) is 13.4. The molecular weight excluding hydrogens is 541 g/mol. The number of hydrogen-bond donors (Lipinski definition) is 4. The van der Waals surface area contributed by atoms with Gasteiger partial charge in [0, 0.05) is 46.9 Å². The van der Waals surface area contributed by atoms with E-state index in [9.17, 15) is 13.2 Å². The fourth-order valence-corrected chi connectivity index (χ4v) is 8.31. The van der Waals surface area contributed by atoms with Crippen molar-refractivity contribution in [1.29, 1.82) is 0 Å². The number of anilines is 1. The third-order valence-electron chi connectivity index (χ3n) is 8.66. The Hall–Kier alpha value is -2.08. The number of nitrogens with one attached hydrogen (secondary N) is 3. The molecule has 3 aliphatic rings. The Morgan fingerprint density at radius 1 is 1.21 bits per heavy atom. The number of piperidine rings is 1. The summed E-state index contributed by atoms with van der Waals surface area (Å²) in [5.41, 5.74) is 7.78. The number of benzene rings is 2. The van der Waals surface area contributed by atoms with Crippen LogP contribution in [0.3, 0.4) is 0 Å². The molecule has 39 heavy (non-hydrogen) atoms. The summed E-state index contributed by atoms with van der Waals surface area (Å²) in [5.74, 6) is -0.669. The first-order valence-electron chi connectivity index (χ1n) is 13.7. The normalized spacial score (nSPS) is 26.8. The van der Waals surface area contributed by atoms with Gasteiger partial charge >= 0.3 is 0 Å². The van der Waals surface area contributed by atoms with Gasteiger partial charge in [-0.2, -0.15) is 4.31 Å². The van der Waals surface area contributed by atoms with Crippen LogP contribution in [0.15, 0.2) is 42.5 Å². The fourth-order valence-electron chi connectivity index (χ4n) is 6.38. The third kappa shape index (κ3) is 6.01. The topological polar surface area (TPSA) is 117 Å². The first-order chi connectivity index (χ1) is 18.7. The molecule has 0 spiro atoms. The molecule has 5 rings (SSSR count). The predicted molar refractivity (Wildman–Crippen MR) is 152 cm³/mol. The van der Waals surface area contributed by atoms with Gasteiger partial charge in [-0.15, -0.1) is 0 Å². The summed E-state index contributed by atoms with van der Waals surface area (Å²) in [7, 11) is -3.34. The van der Waals surface area contributed by atoms with Crippen LogP contribution in [0, 0.1) is 5.82 Å². The zero-order valence-corrected chi connectivity index (χ0v) is 23.5. The van der Waals surface area contributed by atoms with Crippen molar-refractivity contribution < 1.29 is 17.6 Å². The summed E-state index contributed by atoms with van der Waals surface area (Å²) in [6.07, 6.45) is 3.56. The van der Waals surface area contributed by atoms with E-state index in [-0.39, 0.29) is 30.2 Å². The summed E-state index contributed by atoms with van der Waals surface area (Å²) < 4.78 is 42.4. The van der Waals surface area contributed by atoms with Crippen LogP contribution in [0.2, 0.25) is 5.02 Å². The standard InChI is InChI=1S/C28H37ClFN5O3S/c29-20-8-6-19(7-9-20)28(12-14-32-15-13-28)26(31)27(36)34-25-5-1-4-24(30)23(25)11-10-22-17-33-21-3-2-16-39(37,38)35(22)18-21/h1,4-9,21-22,26,32-33H,2-3,10-18,31H2,(H,34,36)/t21-,22?,26-/m1/s1. The molecule has 2 aromatic rings. The first-order valence-corrected chi connectivity index (χ1v) is 15.7. The lowest BCUT2D eigenvalue weighted by Gasteiger charge is -2.42. The summed E-state index contributed by atoms with van der Waals surface area (Å²) in [4.78, 5) is 13.6. The van der Waals surface area contributed by atoms with Crippen LogP contribution in [0.5, 0.6) is 0 Å². The quantitative estimate of drug-likeness (QED) is 0.402. The van der Waals surface area contributed by atoms with E-state index < -0.39 is 27.3 Å². The number of nitrogens with two attached hydrogens (primary N) is 1. The number of carbonyl (C=O) groups excluding carboxylic acids is 1. The molecule has 11 heteroatoms. The maximum atomic E-state index is 15.1. The van der Waals surface area contributed by atoms with Gasteiger partial charge in [0.1, 0.15) is 5.82 Å². The number of carbonyl (C=O) groups is 1. The van der Waals surface area contributed by atoms with E-state index in [2.05, 4.69) is 16.0 Å². The van der Waals surface area contributed by atoms with Gasteiger partial charge in [0.2, 0.25) is 15.9 Å². The molecule has 3 fully saturated rings. The fraction of sp³-hybridized carbons (Fsp3) is 0.536. The molecule has 0 radical (unpaired) electrons. The highest BCUT2D eigenvalue weighted by atomic mass is 35.5.